The number of benzene rings is 13. The van der Waals surface area contributed by atoms with E-state index in [4.69, 9.17) is 0 Å². The summed E-state index contributed by atoms with van der Waals surface area (Å²) in [6, 6.07) is 101. The molecule has 13 aromatic carbocycles. The van der Waals surface area contributed by atoms with Crippen LogP contribution < -0.4 is 52.4 Å². The Morgan fingerprint density at radius 2 is 0.432 bits per heavy atom. The van der Waals surface area contributed by atoms with Crippen LogP contribution in [0.1, 0.15) is 211 Å². The third-order valence-electron chi connectivity index (χ3n) is 26.3. The van der Waals surface area contributed by atoms with Crippen molar-refractivity contribution in [1.29, 1.82) is 0 Å². The summed E-state index contributed by atoms with van der Waals surface area (Å²) in [6.45, 7) is 57.5. The Morgan fingerprint density at radius 3 is 0.703 bits per heavy atom. The molecule has 8 heteroatoms. The minimum Gasteiger partial charge on any atom is -0.311 e. The number of fused-ring (bicyclic) bond motifs is 14. The summed E-state index contributed by atoms with van der Waals surface area (Å²) in [7, 11) is 0. The maximum absolute atomic E-state index is 2.79. The third kappa shape index (κ3) is 12.2. The number of hydrogen-bond donors (Lipinski definition) is 0. The molecule has 0 atom stereocenters. The van der Waals surface area contributed by atoms with E-state index in [-0.39, 0.29) is 56.7 Å². The fraction of sp³-hybridized carbons (Fsp3) is 0.291. The Labute approximate surface area is 702 Å². The van der Waals surface area contributed by atoms with Crippen molar-refractivity contribution in [3.8, 4) is 11.4 Å². The molecule has 0 amide bonds. The lowest BCUT2D eigenvalue weighted by molar-refractivity contribution is 0.568. The SMILES string of the molecule is CC(C)(C)c1cc(N2c3cc(-n4c5ccccc5c5ccccc54)cc4c3B(c3cc5c(cc3N4c3ccccc3)N(c3ccccc3)c3cc(-n4c6ccccc6c6ccccc64)cc4c3B5c3c(cc(C(C)(C)C)cc3C(C)(C)C)N4c3cc(C(C)(C)C)cc(C(C)(C)C)c3)c3c2cc(C(C)(C)C)cc3C(C)(C)C)cc(C(C)(C)C)c1. The number of anilines is 12. The maximum Gasteiger partial charge on any atom is 0.252 e. The van der Waals surface area contributed by atoms with E-state index < -0.39 is 0 Å². The summed E-state index contributed by atoms with van der Waals surface area (Å²) in [5.74, 6) is 0. The van der Waals surface area contributed by atoms with Gasteiger partial charge in [-0.25, -0.2) is 0 Å². The molecule has 0 saturated carbocycles. The first-order chi connectivity index (χ1) is 55.6. The second-order valence-electron chi connectivity index (χ2n) is 42.8. The molecule has 15 aromatic rings. The number of nitrogens with zero attached hydrogens (tertiary/aromatic N) is 6. The van der Waals surface area contributed by atoms with E-state index in [1.807, 2.05) is 0 Å². The first kappa shape index (κ1) is 76.7. The predicted octanol–water partition coefficient (Wildman–Crippen LogP) is 26.4. The van der Waals surface area contributed by atoms with Crippen LogP contribution in [0.5, 0.6) is 0 Å². The lowest BCUT2D eigenvalue weighted by Gasteiger charge is -2.49. The third-order valence-corrected chi connectivity index (χ3v) is 26.3. The average Bonchev–Trinajstić information content (AvgIpc) is 0.934. The number of hydrogen-bond acceptors (Lipinski definition) is 4. The molecule has 4 aliphatic rings. The van der Waals surface area contributed by atoms with Gasteiger partial charge in [-0.05, 0) is 236 Å². The quantitative estimate of drug-likeness (QED) is 0.155. The second kappa shape index (κ2) is 26.1. The van der Waals surface area contributed by atoms with Crippen molar-refractivity contribution in [2.45, 2.75) is 209 Å². The van der Waals surface area contributed by atoms with Crippen LogP contribution in [0.4, 0.5) is 68.2 Å². The van der Waals surface area contributed by atoms with Gasteiger partial charge in [-0.3, -0.25) is 0 Å². The highest BCUT2D eigenvalue weighted by atomic mass is 15.2. The molecule has 0 aliphatic carbocycles. The molecule has 590 valence electrons. The molecule has 0 saturated heterocycles. The van der Waals surface area contributed by atoms with E-state index >= 15 is 0 Å². The molecule has 0 radical (unpaired) electrons. The highest BCUT2D eigenvalue weighted by molar-refractivity contribution is 7.03. The van der Waals surface area contributed by atoms with E-state index in [9.17, 15) is 0 Å². The van der Waals surface area contributed by atoms with Gasteiger partial charge >= 0.3 is 0 Å². The smallest absolute Gasteiger partial charge is 0.252 e. The summed E-state index contributed by atoms with van der Waals surface area (Å²) in [4.78, 5) is 10.9. The van der Waals surface area contributed by atoms with Gasteiger partial charge in [0.1, 0.15) is 0 Å². The standard InChI is InChI=1S/C110H114B2N6/c1-103(2,3)67-51-68(104(4,5)6)54-75(53-67)117-93-59-71(107(13,14)15)57-83(109(19,20)21)99(93)111-85-65-86-92(66-91(85)113(73-39-27-25-28-40-73)95-61-77(63-97(117)101(95)111)115-87-47-35-31-43-79(87)80-44-32-36-48-88(80)115)114(74-41-29-26-30-42-74)96-62-78(116-89-49-37-33-45-81(89)82-46-34-38-50-90(82)116)64-98-102(96)112(86)100-84(110(22,23)24)58-72(108(16,17)18)60-94(100)118(98)76-55-69(105(7,8)9)52-70(56-76)106(10,11)12/h25-66H,1-24H3. The lowest BCUT2D eigenvalue weighted by Crippen LogP contribution is -2.66. The first-order valence-electron chi connectivity index (χ1n) is 43.1. The van der Waals surface area contributed by atoms with Crippen LogP contribution >= 0.6 is 0 Å². The van der Waals surface area contributed by atoms with Gasteiger partial charge in [-0.1, -0.05) is 306 Å². The molecule has 4 aliphatic heterocycles. The molecule has 0 N–H and O–H groups in total. The van der Waals surface area contributed by atoms with E-state index in [2.05, 4.69) is 450 Å². The molecule has 0 bridgehead atoms. The van der Waals surface area contributed by atoms with Gasteiger partial charge in [-0.2, -0.15) is 0 Å². The Balaban J connectivity index is 1.03. The Hall–Kier alpha value is -11.2. The van der Waals surface area contributed by atoms with E-state index in [0.717, 1.165) is 45.5 Å². The number of para-hydroxylation sites is 6. The fourth-order valence-electron chi connectivity index (χ4n) is 19.9. The number of rotatable bonds is 6. The molecule has 19 rings (SSSR count). The number of aromatic nitrogens is 2. The Morgan fingerprint density at radius 1 is 0.186 bits per heavy atom. The highest BCUT2D eigenvalue weighted by Gasteiger charge is 2.52. The summed E-state index contributed by atoms with van der Waals surface area (Å²) in [6.07, 6.45) is 0. The normalized spacial score (nSPS) is 14.3. The van der Waals surface area contributed by atoms with Crippen LogP contribution in [-0.4, -0.2) is 22.6 Å². The Bertz CT molecular complexity index is 6100. The summed E-state index contributed by atoms with van der Waals surface area (Å²) >= 11 is 0. The summed E-state index contributed by atoms with van der Waals surface area (Å²) in [5.41, 5.74) is 37.6. The van der Waals surface area contributed by atoms with Crippen molar-refractivity contribution in [3.05, 3.63) is 299 Å². The lowest BCUT2D eigenvalue weighted by atomic mass is 9.29. The molecule has 2 aromatic heterocycles. The van der Waals surface area contributed by atoms with E-state index in [1.165, 1.54) is 155 Å². The first-order valence-corrected chi connectivity index (χ1v) is 43.1. The van der Waals surface area contributed by atoms with Crippen molar-refractivity contribution >= 4 is 158 Å². The molecular formula is C110H114B2N6. The average molecular weight is 1540 g/mol. The van der Waals surface area contributed by atoms with E-state index in [0.29, 0.717) is 0 Å². The largest absolute Gasteiger partial charge is 0.311 e. The zero-order valence-electron chi connectivity index (χ0n) is 74.1. The van der Waals surface area contributed by atoms with Crippen LogP contribution in [-0.2, 0) is 43.3 Å². The predicted molar refractivity (Wildman–Crippen MR) is 513 cm³/mol. The van der Waals surface area contributed by atoms with Crippen molar-refractivity contribution in [2.75, 3.05) is 19.6 Å². The van der Waals surface area contributed by atoms with Gasteiger partial charge in [0, 0.05) is 89.8 Å². The monoisotopic (exact) mass is 1540 g/mol. The molecule has 118 heavy (non-hydrogen) atoms. The van der Waals surface area contributed by atoms with Gasteiger partial charge in [0.2, 0.25) is 0 Å². The van der Waals surface area contributed by atoms with Crippen molar-refractivity contribution in [1.82, 2.24) is 9.13 Å². The molecule has 0 unspecified atom stereocenters. The minimum atomic E-state index is -0.326. The molecule has 6 heterocycles. The van der Waals surface area contributed by atoms with Gasteiger partial charge < -0.3 is 28.7 Å². The van der Waals surface area contributed by atoms with Crippen LogP contribution in [0.2, 0.25) is 0 Å². The van der Waals surface area contributed by atoms with E-state index in [1.54, 1.807) is 0 Å². The van der Waals surface area contributed by atoms with Crippen LogP contribution in [0.15, 0.2) is 255 Å². The van der Waals surface area contributed by atoms with Crippen LogP contribution in [0.3, 0.4) is 0 Å². The second-order valence-corrected chi connectivity index (χ2v) is 42.8. The molecule has 6 nitrogen and oxygen atoms in total. The maximum atomic E-state index is 2.79. The topological polar surface area (TPSA) is 22.8 Å². The van der Waals surface area contributed by atoms with Gasteiger partial charge in [-0.15, -0.1) is 0 Å². The van der Waals surface area contributed by atoms with Crippen LogP contribution in [0.25, 0.3) is 55.0 Å². The zero-order chi connectivity index (χ0) is 83.1. The minimum absolute atomic E-state index is 0.173. The fourth-order valence-corrected chi connectivity index (χ4v) is 19.9. The van der Waals surface area contributed by atoms with Gasteiger partial charge in [0.05, 0.1) is 33.4 Å². The highest BCUT2D eigenvalue weighted by Crippen LogP contribution is 2.55. The molecule has 0 fully saturated rings. The summed E-state index contributed by atoms with van der Waals surface area (Å²) < 4.78 is 5.14. The Kier molecular flexibility index (Phi) is 17.0. The van der Waals surface area contributed by atoms with Crippen molar-refractivity contribution < 1.29 is 0 Å². The molecular weight excluding hydrogens is 1430 g/mol. The van der Waals surface area contributed by atoms with Crippen LogP contribution in [0, 0.1) is 0 Å². The van der Waals surface area contributed by atoms with Gasteiger partial charge in [0.15, 0.2) is 0 Å². The van der Waals surface area contributed by atoms with Gasteiger partial charge in [0.25, 0.3) is 13.4 Å². The van der Waals surface area contributed by atoms with Crippen molar-refractivity contribution in [2.24, 2.45) is 0 Å². The van der Waals surface area contributed by atoms with Crippen molar-refractivity contribution in [3.63, 3.8) is 0 Å². The molecule has 0 spiro atoms. The summed E-state index contributed by atoms with van der Waals surface area (Å²) in [5, 5.41) is 4.92. The zero-order valence-corrected chi connectivity index (χ0v) is 74.1.